The van der Waals surface area contributed by atoms with Crippen molar-refractivity contribution < 1.29 is 76.5 Å². The topological polar surface area (TPSA) is 206 Å². The summed E-state index contributed by atoms with van der Waals surface area (Å²) in [5.74, 6) is -7.70. The van der Waals surface area contributed by atoms with Gasteiger partial charge in [-0.1, -0.05) is 6.07 Å². The molecule has 1 aromatic rings. The molecule has 0 unspecified atom stereocenters. The van der Waals surface area contributed by atoms with Gasteiger partial charge >= 0.3 is 36.0 Å². The predicted octanol–water partition coefficient (Wildman–Crippen LogP) is 0.794. The third kappa shape index (κ3) is 5.29. The molecular weight excluding hydrogens is 603 g/mol. The molecule has 1 aromatic carbocycles. The Kier molecular flexibility index (Phi) is 8.34. The fourth-order valence-electron chi connectivity index (χ4n) is 6.44. The van der Waals surface area contributed by atoms with Crippen LogP contribution in [0.2, 0.25) is 0 Å². The van der Waals surface area contributed by atoms with E-state index in [-0.39, 0.29) is 29.7 Å². The summed E-state index contributed by atoms with van der Waals surface area (Å²) in [6.45, 7) is 2.52. The molecule has 4 N–H and O–H groups in total. The molecule has 4 aliphatic rings. The zero-order valence-electron chi connectivity index (χ0n) is 23.4. The van der Waals surface area contributed by atoms with Crippen LogP contribution >= 0.6 is 0 Å². The van der Waals surface area contributed by atoms with Gasteiger partial charge < -0.3 is 44.3 Å². The Morgan fingerprint density at radius 2 is 1.66 bits per heavy atom. The number of likely N-dealkylation sites (N-methyl/N-ethyl adjacent to an activating group) is 1. The van der Waals surface area contributed by atoms with Gasteiger partial charge in [-0.15, -0.1) is 0 Å². The maximum Gasteiger partial charge on any atom is 0.490 e. The molecule has 240 valence electrons. The largest absolute Gasteiger partial charge is 0.504 e. The molecular formula is C27H28F3NO13. The molecule has 0 amide bonds. The van der Waals surface area contributed by atoms with E-state index in [1.165, 1.54) is 12.1 Å². The molecule has 14 nitrogen and oxygen atoms in total. The van der Waals surface area contributed by atoms with Crippen molar-refractivity contribution in [3.05, 3.63) is 35.1 Å². The zero-order chi connectivity index (χ0) is 32.9. The summed E-state index contributed by atoms with van der Waals surface area (Å²) in [6.07, 6.45) is -7.80. The van der Waals surface area contributed by atoms with Crippen LogP contribution in [-0.4, -0.2) is 105 Å². The SMILES string of the molecule is CC(=O)O[C@@H](C(=O)O)[C@@H](OC(C)=O)C(=O)OC1=CC[C@@]2(O)[C@H]3Cc4ccc(O)c5c4[C@@]2(CCN3C)[C@H]1O5.O=C(O)C(F)(F)F. The third-order valence-corrected chi connectivity index (χ3v) is 8.15. The van der Waals surface area contributed by atoms with Crippen LogP contribution in [0.4, 0.5) is 13.2 Å². The molecule has 0 saturated carbocycles. The summed E-state index contributed by atoms with van der Waals surface area (Å²) >= 11 is 0. The van der Waals surface area contributed by atoms with Crippen molar-refractivity contribution >= 4 is 29.8 Å². The maximum absolute atomic E-state index is 13.2. The van der Waals surface area contributed by atoms with Crippen molar-refractivity contribution in [2.24, 2.45) is 0 Å². The minimum atomic E-state index is -5.08. The number of halogens is 3. The average molecular weight is 632 g/mol. The summed E-state index contributed by atoms with van der Waals surface area (Å²) in [5.41, 5.74) is -0.771. The van der Waals surface area contributed by atoms with E-state index in [1.807, 2.05) is 7.05 Å². The van der Waals surface area contributed by atoms with Crippen molar-refractivity contribution in [2.75, 3.05) is 13.6 Å². The number of alkyl halides is 3. The van der Waals surface area contributed by atoms with E-state index in [9.17, 15) is 47.7 Å². The Balaban J connectivity index is 0.000000566. The molecule has 17 heteroatoms. The standard InChI is InChI=1S/C25H27NO11.C2HF3O2/c1-11(27)34-19(22(30)31)20(35-12(2)28)23(32)36-15-6-7-25(33)16-10-13-4-5-14(29)18-17(13)24(25,21(15)37-18)8-9-26(16)3;3-2(4,5)1(6)7/h4-6,16,19-21,29,33H,7-10H2,1-3H3,(H,30,31);(H,6,7)/t16-,19-,20-,21+,24+,25-;/m1./s1. The van der Waals surface area contributed by atoms with Crippen molar-refractivity contribution in [1.29, 1.82) is 0 Å². The number of likely N-dealkylation sites (tertiary alicyclic amines) is 1. The highest BCUT2D eigenvalue weighted by molar-refractivity contribution is 5.88. The number of hydrogen-bond donors (Lipinski definition) is 4. The number of nitrogens with zero attached hydrogens (tertiary/aromatic N) is 1. The third-order valence-electron chi connectivity index (χ3n) is 8.15. The van der Waals surface area contributed by atoms with Gasteiger partial charge in [0.1, 0.15) is 5.76 Å². The second kappa shape index (κ2) is 11.3. The first-order valence-electron chi connectivity index (χ1n) is 13.1. The van der Waals surface area contributed by atoms with E-state index >= 15 is 0 Å². The lowest BCUT2D eigenvalue weighted by molar-refractivity contribution is -0.192. The molecule has 1 saturated heterocycles. The Bertz CT molecular complexity index is 1440. The molecule has 6 atom stereocenters. The van der Waals surface area contributed by atoms with Crippen molar-refractivity contribution in [3.8, 4) is 11.5 Å². The first kappa shape index (κ1) is 32.5. The molecule has 5 rings (SSSR count). The smallest absolute Gasteiger partial charge is 0.490 e. The van der Waals surface area contributed by atoms with Gasteiger partial charge in [0.05, 0.1) is 11.0 Å². The van der Waals surface area contributed by atoms with Crippen LogP contribution < -0.4 is 4.74 Å². The van der Waals surface area contributed by atoms with Gasteiger partial charge in [-0.05, 0) is 44.1 Å². The Morgan fingerprint density at radius 3 is 2.20 bits per heavy atom. The lowest BCUT2D eigenvalue weighted by atomic mass is 9.50. The zero-order valence-corrected chi connectivity index (χ0v) is 23.4. The monoisotopic (exact) mass is 631 g/mol. The number of phenolic OH excluding ortho intramolecular Hbond substituents is 1. The van der Waals surface area contributed by atoms with E-state index in [0.717, 1.165) is 19.4 Å². The number of carbonyl (C=O) groups excluding carboxylic acids is 3. The molecule has 44 heavy (non-hydrogen) atoms. The fourth-order valence-corrected chi connectivity index (χ4v) is 6.44. The molecule has 0 aromatic heterocycles. The second-order valence-corrected chi connectivity index (χ2v) is 10.7. The van der Waals surface area contributed by atoms with Crippen LogP contribution in [0.5, 0.6) is 11.5 Å². The van der Waals surface area contributed by atoms with Crippen LogP contribution in [0.1, 0.15) is 37.8 Å². The van der Waals surface area contributed by atoms with Gasteiger partial charge in [0.25, 0.3) is 0 Å². The summed E-state index contributed by atoms with van der Waals surface area (Å²) in [5, 5.41) is 39.4. The summed E-state index contributed by atoms with van der Waals surface area (Å²) in [6, 6.07) is 3.05. The van der Waals surface area contributed by atoms with E-state index in [1.54, 1.807) is 6.07 Å². The number of carbonyl (C=O) groups is 5. The number of esters is 3. The highest BCUT2D eigenvalue weighted by Gasteiger charge is 2.72. The summed E-state index contributed by atoms with van der Waals surface area (Å²) < 4.78 is 53.1. The molecule has 1 fully saturated rings. The lowest BCUT2D eigenvalue weighted by Gasteiger charge is -2.61. The number of piperidine rings is 1. The number of benzene rings is 1. The van der Waals surface area contributed by atoms with Crippen molar-refractivity contribution in [1.82, 2.24) is 4.90 Å². The number of carboxylic acid groups (broad SMARTS) is 2. The molecule has 2 aliphatic heterocycles. The Labute approximate surface area is 246 Å². The molecule has 0 radical (unpaired) electrons. The van der Waals surface area contributed by atoms with Crippen LogP contribution in [-0.2, 0) is 50.0 Å². The van der Waals surface area contributed by atoms with Gasteiger partial charge in [-0.2, -0.15) is 13.2 Å². The maximum atomic E-state index is 13.2. The first-order valence-corrected chi connectivity index (χ1v) is 13.1. The van der Waals surface area contributed by atoms with Gasteiger partial charge in [-0.25, -0.2) is 14.4 Å². The van der Waals surface area contributed by atoms with E-state index in [2.05, 4.69) is 4.90 Å². The molecule has 1 spiro atoms. The van der Waals surface area contributed by atoms with E-state index < -0.39 is 65.4 Å². The fraction of sp³-hybridized carbons (Fsp3) is 0.519. The number of ether oxygens (including phenoxy) is 4. The minimum absolute atomic E-state index is 0.0226. The lowest BCUT2D eigenvalue weighted by Crippen LogP contribution is -2.74. The number of rotatable bonds is 6. The van der Waals surface area contributed by atoms with Gasteiger partial charge in [0.15, 0.2) is 17.6 Å². The highest BCUT2D eigenvalue weighted by Crippen LogP contribution is 2.65. The van der Waals surface area contributed by atoms with Crippen LogP contribution in [0.25, 0.3) is 0 Å². The summed E-state index contributed by atoms with van der Waals surface area (Å²) in [7, 11) is 1.93. The van der Waals surface area contributed by atoms with Crippen LogP contribution in [0, 0.1) is 0 Å². The van der Waals surface area contributed by atoms with E-state index in [4.69, 9.17) is 28.8 Å². The average Bonchev–Trinajstić information content (AvgIpc) is 3.27. The Morgan fingerprint density at radius 1 is 1.07 bits per heavy atom. The van der Waals surface area contributed by atoms with Crippen molar-refractivity contribution in [2.45, 2.75) is 74.7 Å². The quantitative estimate of drug-likeness (QED) is 0.253. The minimum Gasteiger partial charge on any atom is -0.504 e. The van der Waals surface area contributed by atoms with E-state index in [0.29, 0.717) is 24.9 Å². The van der Waals surface area contributed by atoms with Crippen LogP contribution in [0.15, 0.2) is 24.0 Å². The predicted molar refractivity (Wildman–Crippen MR) is 135 cm³/mol. The van der Waals surface area contributed by atoms with Crippen molar-refractivity contribution in [3.63, 3.8) is 0 Å². The van der Waals surface area contributed by atoms with Gasteiger partial charge in [0, 0.05) is 31.9 Å². The van der Waals surface area contributed by atoms with Gasteiger partial charge in [-0.3, -0.25) is 9.59 Å². The summed E-state index contributed by atoms with van der Waals surface area (Å²) in [4.78, 5) is 59.0. The second-order valence-electron chi connectivity index (χ2n) is 10.7. The van der Waals surface area contributed by atoms with Crippen LogP contribution in [0.3, 0.4) is 0 Å². The number of aliphatic carboxylic acids is 2. The number of phenols is 1. The normalized spacial score (nSPS) is 27.6. The molecule has 2 aliphatic carbocycles. The molecule has 2 heterocycles. The highest BCUT2D eigenvalue weighted by atomic mass is 19.4. The number of carboxylic acids is 2. The molecule has 2 bridgehead atoms. The first-order chi connectivity index (χ1) is 20.3. The number of aliphatic hydroxyl groups is 1. The Hall–Kier alpha value is -4.38. The number of hydrogen-bond acceptors (Lipinski definition) is 12. The number of aromatic hydroxyl groups is 1. The van der Waals surface area contributed by atoms with Gasteiger partial charge in [0.2, 0.25) is 12.2 Å².